The lowest BCUT2D eigenvalue weighted by molar-refractivity contribution is 0.156. The molecule has 1 aromatic rings. The first-order valence-electron chi connectivity index (χ1n) is 5.99. The molecule has 0 aromatic carbocycles. The van der Waals surface area contributed by atoms with Gasteiger partial charge >= 0.3 is 6.09 Å². The van der Waals surface area contributed by atoms with Crippen molar-refractivity contribution in [2.45, 2.75) is 44.2 Å². The molecule has 0 unspecified atom stereocenters. The van der Waals surface area contributed by atoms with Gasteiger partial charge < -0.3 is 19.6 Å². The minimum Gasteiger partial charge on any atom is -0.465 e. The van der Waals surface area contributed by atoms with E-state index in [2.05, 4.69) is 15.5 Å². The molecule has 1 heterocycles. The van der Waals surface area contributed by atoms with Gasteiger partial charge in [-0.2, -0.15) is 0 Å². The Labute approximate surface area is 105 Å². The number of nitrogens with zero attached hydrogens (tertiary/aromatic N) is 2. The maximum atomic E-state index is 10.5. The van der Waals surface area contributed by atoms with Gasteiger partial charge in [-0.3, -0.25) is 0 Å². The van der Waals surface area contributed by atoms with Crippen molar-refractivity contribution in [1.29, 1.82) is 0 Å². The summed E-state index contributed by atoms with van der Waals surface area (Å²) in [5, 5.41) is 19.1. The molecule has 1 amide bonds. The Hall–Kier alpha value is -1.63. The van der Waals surface area contributed by atoms with Crippen molar-refractivity contribution >= 4 is 6.09 Å². The third-order valence-electron chi connectivity index (χ3n) is 3.15. The summed E-state index contributed by atoms with van der Waals surface area (Å²) in [5.74, 6) is 1.35. The molecule has 0 radical (unpaired) electrons. The molecule has 2 N–H and O–H groups in total. The molecule has 1 aromatic heterocycles. The zero-order valence-electron chi connectivity index (χ0n) is 10.3. The van der Waals surface area contributed by atoms with Crippen molar-refractivity contribution < 1.29 is 19.1 Å². The van der Waals surface area contributed by atoms with Crippen molar-refractivity contribution in [3.8, 4) is 0 Å². The molecule has 0 saturated heterocycles. The molecule has 0 bridgehead atoms. The molecule has 1 aliphatic carbocycles. The minimum absolute atomic E-state index is 0.0418. The predicted molar refractivity (Wildman–Crippen MR) is 61.2 cm³/mol. The van der Waals surface area contributed by atoms with E-state index < -0.39 is 6.09 Å². The number of methoxy groups -OCH3 is 1. The minimum atomic E-state index is -0.960. The molecule has 7 nitrogen and oxygen atoms in total. The SMILES string of the molecule is COCc1nnc([C@H]2CC[C@H](NC(=O)O)CC2)o1. The molecule has 0 atom stereocenters. The van der Waals surface area contributed by atoms with Crippen LogP contribution in [0.4, 0.5) is 4.79 Å². The molecule has 1 fully saturated rings. The molecule has 1 aliphatic rings. The highest BCUT2D eigenvalue weighted by Gasteiger charge is 2.26. The molecule has 18 heavy (non-hydrogen) atoms. The highest BCUT2D eigenvalue weighted by Crippen LogP contribution is 2.32. The van der Waals surface area contributed by atoms with Gasteiger partial charge in [-0.25, -0.2) is 4.79 Å². The smallest absolute Gasteiger partial charge is 0.404 e. The monoisotopic (exact) mass is 255 g/mol. The van der Waals surface area contributed by atoms with Gasteiger partial charge in [-0.1, -0.05) is 0 Å². The van der Waals surface area contributed by atoms with Gasteiger partial charge in [0.05, 0.1) is 0 Å². The van der Waals surface area contributed by atoms with Gasteiger partial charge in [-0.15, -0.1) is 10.2 Å². The first-order chi connectivity index (χ1) is 8.69. The Kier molecular flexibility index (Phi) is 4.14. The second kappa shape index (κ2) is 5.81. The quantitative estimate of drug-likeness (QED) is 0.846. The van der Waals surface area contributed by atoms with Crippen molar-refractivity contribution in [1.82, 2.24) is 15.5 Å². The first-order valence-corrected chi connectivity index (χ1v) is 5.99. The summed E-state index contributed by atoms with van der Waals surface area (Å²) < 4.78 is 10.4. The van der Waals surface area contributed by atoms with E-state index in [-0.39, 0.29) is 12.0 Å². The van der Waals surface area contributed by atoms with Crippen molar-refractivity contribution in [3.63, 3.8) is 0 Å². The topological polar surface area (TPSA) is 97.5 Å². The summed E-state index contributed by atoms with van der Waals surface area (Å²) in [5.41, 5.74) is 0. The molecule has 1 saturated carbocycles. The van der Waals surface area contributed by atoms with Crippen LogP contribution in [0.2, 0.25) is 0 Å². The Morgan fingerprint density at radius 2 is 2.17 bits per heavy atom. The van der Waals surface area contributed by atoms with Crippen LogP contribution < -0.4 is 5.32 Å². The number of amides is 1. The van der Waals surface area contributed by atoms with Crippen LogP contribution in [-0.2, 0) is 11.3 Å². The van der Waals surface area contributed by atoms with E-state index >= 15 is 0 Å². The fraction of sp³-hybridized carbons (Fsp3) is 0.727. The molecule has 100 valence electrons. The van der Waals surface area contributed by atoms with Gasteiger partial charge in [-0.05, 0) is 25.7 Å². The maximum absolute atomic E-state index is 10.5. The Morgan fingerprint density at radius 3 is 2.78 bits per heavy atom. The van der Waals surface area contributed by atoms with Gasteiger partial charge in [0.1, 0.15) is 6.61 Å². The van der Waals surface area contributed by atoms with Crippen molar-refractivity contribution in [2.24, 2.45) is 0 Å². The average molecular weight is 255 g/mol. The lowest BCUT2D eigenvalue weighted by atomic mass is 9.86. The van der Waals surface area contributed by atoms with E-state index in [4.69, 9.17) is 14.3 Å². The van der Waals surface area contributed by atoms with Gasteiger partial charge in [0, 0.05) is 19.1 Å². The number of rotatable bonds is 4. The van der Waals surface area contributed by atoms with Gasteiger partial charge in [0.15, 0.2) is 0 Å². The second-order valence-electron chi connectivity index (χ2n) is 4.47. The predicted octanol–water partition coefficient (Wildman–Crippen LogP) is 1.51. The van der Waals surface area contributed by atoms with Crippen LogP contribution >= 0.6 is 0 Å². The van der Waals surface area contributed by atoms with Crippen LogP contribution in [0, 0.1) is 0 Å². The third-order valence-corrected chi connectivity index (χ3v) is 3.15. The standard InChI is InChI=1S/C11H17N3O4/c1-17-6-9-13-14-10(18-9)7-2-4-8(5-3-7)12-11(15)16/h7-8,12H,2-6H2,1H3,(H,15,16)/t7-,8-. The van der Waals surface area contributed by atoms with Crippen molar-refractivity contribution in [2.75, 3.05) is 7.11 Å². The molecule has 0 aliphatic heterocycles. The number of nitrogens with one attached hydrogen (secondary N) is 1. The summed E-state index contributed by atoms with van der Waals surface area (Å²) in [6, 6.07) is 0.0418. The van der Waals surface area contributed by atoms with E-state index in [0.717, 1.165) is 25.7 Å². The molecule has 2 rings (SSSR count). The van der Waals surface area contributed by atoms with Gasteiger partial charge in [0.25, 0.3) is 0 Å². The zero-order chi connectivity index (χ0) is 13.0. The second-order valence-corrected chi connectivity index (χ2v) is 4.47. The van der Waals surface area contributed by atoms with Gasteiger partial charge in [0.2, 0.25) is 11.8 Å². The summed E-state index contributed by atoms with van der Waals surface area (Å²) in [6.45, 7) is 0.322. The Morgan fingerprint density at radius 1 is 1.44 bits per heavy atom. The van der Waals surface area contributed by atoms with E-state index in [1.807, 2.05) is 0 Å². The molecule has 0 spiro atoms. The Balaban J connectivity index is 1.86. The number of ether oxygens (including phenoxy) is 1. The number of hydrogen-bond donors (Lipinski definition) is 2. The third kappa shape index (κ3) is 3.19. The average Bonchev–Trinajstić information content (AvgIpc) is 2.78. The fourth-order valence-corrected chi connectivity index (χ4v) is 2.27. The normalized spacial score (nSPS) is 23.8. The molecule has 7 heteroatoms. The summed E-state index contributed by atoms with van der Waals surface area (Å²) in [4.78, 5) is 10.5. The summed E-state index contributed by atoms with van der Waals surface area (Å²) in [6.07, 6.45) is 2.37. The van der Waals surface area contributed by atoms with E-state index in [1.54, 1.807) is 7.11 Å². The summed E-state index contributed by atoms with van der Waals surface area (Å²) in [7, 11) is 1.58. The number of carboxylic acid groups (broad SMARTS) is 1. The van der Waals surface area contributed by atoms with E-state index in [0.29, 0.717) is 18.4 Å². The molecular weight excluding hydrogens is 238 g/mol. The van der Waals surface area contributed by atoms with Crippen LogP contribution in [0.3, 0.4) is 0 Å². The van der Waals surface area contributed by atoms with Crippen LogP contribution in [0.15, 0.2) is 4.42 Å². The van der Waals surface area contributed by atoms with Crippen LogP contribution in [-0.4, -0.2) is 34.5 Å². The zero-order valence-corrected chi connectivity index (χ0v) is 10.3. The highest BCUT2D eigenvalue weighted by molar-refractivity contribution is 5.64. The highest BCUT2D eigenvalue weighted by atomic mass is 16.5. The first kappa shape index (κ1) is 12.8. The fourth-order valence-electron chi connectivity index (χ4n) is 2.27. The molecular formula is C11H17N3O4. The van der Waals surface area contributed by atoms with Crippen molar-refractivity contribution in [3.05, 3.63) is 11.8 Å². The van der Waals surface area contributed by atoms with Crippen LogP contribution in [0.1, 0.15) is 43.4 Å². The Bertz CT molecular complexity index is 399. The lowest BCUT2D eigenvalue weighted by Crippen LogP contribution is -2.36. The van der Waals surface area contributed by atoms with Crippen LogP contribution in [0.5, 0.6) is 0 Å². The number of aromatic nitrogens is 2. The lowest BCUT2D eigenvalue weighted by Gasteiger charge is -2.26. The van der Waals surface area contributed by atoms with E-state index in [1.165, 1.54) is 0 Å². The maximum Gasteiger partial charge on any atom is 0.404 e. The largest absolute Gasteiger partial charge is 0.465 e. The summed E-state index contributed by atoms with van der Waals surface area (Å²) >= 11 is 0. The number of hydrogen-bond acceptors (Lipinski definition) is 5. The van der Waals surface area contributed by atoms with Crippen LogP contribution in [0.25, 0.3) is 0 Å². The number of carbonyl (C=O) groups is 1. The van der Waals surface area contributed by atoms with E-state index in [9.17, 15) is 4.79 Å².